The average molecular weight is 475 g/mol. The zero-order valence-corrected chi connectivity index (χ0v) is 20.9. The minimum Gasteiger partial charge on any atom is -0.497 e. The number of nitrogens with zero attached hydrogens (tertiary/aromatic N) is 1. The van der Waals surface area contributed by atoms with Crippen LogP contribution in [0.25, 0.3) is 0 Å². The zero-order valence-electron chi connectivity index (χ0n) is 20.2. The summed E-state index contributed by atoms with van der Waals surface area (Å²) in [4.78, 5) is 27.9. The molecule has 0 aliphatic carbocycles. The third-order valence-electron chi connectivity index (χ3n) is 5.01. The highest BCUT2D eigenvalue weighted by molar-refractivity contribution is 6.30. The number of nitrogens with one attached hydrogen (secondary N) is 1. The van der Waals surface area contributed by atoms with E-state index in [-0.39, 0.29) is 23.8 Å². The van der Waals surface area contributed by atoms with Crippen molar-refractivity contribution >= 4 is 23.4 Å². The Morgan fingerprint density at radius 2 is 1.64 bits per heavy atom. The molecule has 0 aromatic heterocycles. The lowest BCUT2D eigenvalue weighted by Gasteiger charge is -2.33. The summed E-state index contributed by atoms with van der Waals surface area (Å²) in [5, 5.41) is 3.66. The third kappa shape index (κ3) is 8.97. The molecule has 0 heterocycles. The van der Waals surface area contributed by atoms with Crippen molar-refractivity contribution in [1.29, 1.82) is 0 Å². The quantitative estimate of drug-likeness (QED) is 0.453. The second-order valence-corrected chi connectivity index (χ2v) is 9.38. The summed E-state index contributed by atoms with van der Waals surface area (Å²) in [6.07, 6.45) is 1.34. The predicted molar refractivity (Wildman–Crippen MR) is 132 cm³/mol. The number of hydrogen-bond acceptors (Lipinski definition) is 4. The number of carbonyl (C=O) groups excluding carboxylic acids is 2. The number of carbonyl (C=O) groups is 2. The molecule has 7 heteroatoms. The molecule has 1 atom stereocenters. The molecule has 0 unspecified atom stereocenters. The van der Waals surface area contributed by atoms with Gasteiger partial charge in [-0.1, -0.05) is 30.7 Å². The van der Waals surface area contributed by atoms with Crippen LogP contribution in [0.4, 0.5) is 0 Å². The van der Waals surface area contributed by atoms with Crippen LogP contribution in [0, 0.1) is 0 Å². The molecule has 1 N–H and O–H groups in total. The summed E-state index contributed by atoms with van der Waals surface area (Å²) >= 11 is 5.90. The Hall–Kier alpha value is -2.73. The molecule has 2 aromatic carbocycles. The van der Waals surface area contributed by atoms with Gasteiger partial charge in [0.1, 0.15) is 17.5 Å². The minimum absolute atomic E-state index is 0.0820. The van der Waals surface area contributed by atoms with E-state index in [0.29, 0.717) is 36.8 Å². The van der Waals surface area contributed by atoms with E-state index in [2.05, 4.69) is 5.32 Å². The van der Waals surface area contributed by atoms with Crippen LogP contribution >= 0.6 is 11.6 Å². The topological polar surface area (TPSA) is 67.9 Å². The molecule has 2 amide bonds. The summed E-state index contributed by atoms with van der Waals surface area (Å²) in [7, 11) is 1.61. The largest absolute Gasteiger partial charge is 0.497 e. The van der Waals surface area contributed by atoms with Gasteiger partial charge in [-0.3, -0.25) is 9.59 Å². The van der Waals surface area contributed by atoms with Gasteiger partial charge in [-0.2, -0.15) is 0 Å². The fourth-order valence-electron chi connectivity index (χ4n) is 3.39. The van der Waals surface area contributed by atoms with E-state index >= 15 is 0 Å². The SMILES string of the molecule is CC[C@H](C(=O)NC(C)(C)C)N(Cc1ccc(OC)cc1)C(=O)CCCOc1ccc(Cl)cc1. The van der Waals surface area contributed by atoms with Gasteiger partial charge in [-0.15, -0.1) is 0 Å². The van der Waals surface area contributed by atoms with E-state index in [9.17, 15) is 9.59 Å². The van der Waals surface area contributed by atoms with Crippen LogP contribution < -0.4 is 14.8 Å². The first kappa shape index (κ1) is 26.5. The lowest BCUT2D eigenvalue weighted by Crippen LogP contribution is -2.53. The van der Waals surface area contributed by atoms with Gasteiger partial charge in [0.25, 0.3) is 0 Å². The Morgan fingerprint density at radius 1 is 1.03 bits per heavy atom. The second kappa shape index (κ2) is 12.5. The van der Waals surface area contributed by atoms with Gasteiger partial charge in [0, 0.05) is 23.5 Å². The third-order valence-corrected chi connectivity index (χ3v) is 5.27. The number of methoxy groups -OCH3 is 1. The van der Waals surface area contributed by atoms with Gasteiger partial charge >= 0.3 is 0 Å². The predicted octanol–water partition coefficient (Wildman–Crippen LogP) is 5.23. The first-order valence-electron chi connectivity index (χ1n) is 11.3. The highest BCUT2D eigenvalue weighted by atomic mass is 35.5. The Kier molecular flexibility index (Phi) is 10.0. The van der Waals surface area contributed by atoms with Gasteiger partial charge in [0.05, 0.1) is 13.7 Å². The summed E-state index contributed by atoms with van der Waals surface area (Å²) < 4.78 is 10.9. The molecule has 0 radical (unpaired) electrons. The van der Waals surface area contributed by atoms with Crippen LogP contribution in [0.1, 0.15) is 52.5 Å². The Labute approximate surface area is 202 Å². The maximum Gasteiger partial charge on any atom is 0.243 e. The van der Waals surface area contributed by atoms with Crippen LogP contribution in [-0.4, -0.2) is 42.0 Å². The fraction of sp³-hybridized carbons (Fsp3) is 0.462. The fourth-order valence-corrected chi connectivity index (χ4v) is 3.51. The van der Waals surface area contributed by atoms with E-state index in [0.717, 1.165) is 11.3 Å². The van der Waals surface area contributed by atoms with Gasteiger partial charge in [0.15, 0.2) is 0 Å². The number of benzene rings is 2. The van der Waals surface area contributed by atoms with E-state index in [1.54, 1.807) is 36.3 Å². The van der Waals surface area contributed by atoms with E-state index in [1.165, 1.54) is 0 Å². The molecule has 0 aliphatic rings. The maximum absolute atomic E-state index is 13.2. The summed E-state index contributed by atoms with van der Waals surface area (Å²) in [5.74, 6) is 1.22. The van der Waals surface area contributed by atoms with Gasteiger partial charge in [0.2, 0.25) is 11.8 Å². The molecule has 0 fully saturated rings. The molecule has 0 saturated heterocycles. The lowest BCUT2D eigenvalue weighted by atomic mass is 10.0. The smallest absolute Gasteiger partial charge is 0.243 e. The van der Waals surface area contributed by atoms with E-state index in [4.69, 9.17) is 21.1 Å². The van der Waals surface area contributed by atoms with Crippen LogP contribution in [0.15, 0.2) is 48.5 Å². The number of rotatable bonds is 11. The Balaban J connectivity index is 2.08. The first-order chi connectivity index (χ1) is 15.6. The molecule has 0 aliphatic heterocycles. The molecule has 2 rings (SSSR count). The first-order valence-corrected chi connectivity index (χ1v) is 11.6. The molecule has 6 nitrogen and oxygen atoms in total. The second-order valence-electron chi connectivity index (χ2n) is 8.94. The standard InChI is InChI=1S/C26H35ClN2O4/c1-6-23(25(31)28-26(2,3)4)29(18-19-9-13-21(32-5)14-10-19)24(30)8-7-17-33-22-15-11-20(27)12-16-22/h9-16,23H,6-8,17-18H2,1-5H3,(H,28,31)/t23-/m1/s1. The highest BCUT2D eigenvalue weighted by Crippen LogP contribution is 2.19. The van der Waals surface area contributed by atoms with Crippen molar-refractivity contribution in [3.63, 3.8) is 0 Å². The van der Waals surface area contributed by atoms with Gasteiger partial charge < -0.3 is 19.7 Å². The van der Waals surface area contributed by atoms with Crippen molar-refractivity contribution in [3.8, 4) is 11.5 Å². The summed E-state index contributed by atoms with van der Waals surface area (Å²) in [5.41, 5.74) is 0.551. The molecular formula is C26H35ClN2O4. The molecular weight excluding hydrogens is 440 g/mol. The number of halogens is 1. The van der Waals surface area contributed by atoms with E-state index in [1.807, 2.05) is 52.0 Å². The lowest BCUT2D eigenvalue weighted by molar-refractivity contribution is -0.142. The zero-order chi connectivity index (χ0) is 24.4. The molecule has 0 saturated carbocycles. The molecule has 180 valence electrons. The van der Waals surface area contributed by atoms with Crippen LogP contribution in [0.5, 0.6) is 11.5 Å². The summed E-state index contributed by atoms with van der Waals surface area (Å²) in [6, 6.07) is 14.1. The van der Waals surface area contributed by atoms with Crippen LogP contribution in [-0.2, 0) is 16.1 Å². The van der Waals surface area contributed by atoms with Crippen molar-refractivity contribution in [3.05, 3.63) is 59.1 Å². The Bertz CT molecular complexity index is 892. The van der Waals surface area contributed by atoms with Crippen molar-refractivity contribution in [2.45, 2.75) is 65.1 Å². The number of hydrogen-bond donors (Lipinski definition) is 1. The molecule has 0 spiro atoms. The van der Waals surface area contributed by atoms with Gasteiger partial charge in [-0.25, -0.2) is 0 Å². The molecule has 33 heavy (non-hydrogen) atoms. The number of amides is 2. The van der Waals surface area contributed by atoms with Crippen LogP contribution in [0.2, 0.25) is 5.02 Å². The van der Waals surface area contributed by atoms with Crippen LogP contribution in [0.3, 0.4) is 0 Å². The van der Waals surface area contributed by atoms with Crippen molar-refractivity contribution in [2.75, 3.05) is 13.7 Å². The Morgan fingerprint density at radius 3 is 2.18 bits per heavy atom. The maximum atomic E-state index is 13.2. The van der Waals surface area contributed by atoms with E-state index < -0.39 is 6.04 Å². The molecule has 2 aromatic rings. The summed E-state index contributed by atoms with van der Waals surface area (Å²) in [6.45, 7) is 8.46. The average Bonchev–Trinajstić information content (AvgIpc) is 2.77. The number of ether oxygens (including phenoxy) is 2. The highest BCUT2D eigenvalue weighted by Gasteiger charge is 2.30. The van der Waals surface area contributed by atoms with Crippen molar-refractivity contribution in [2.24, 2.45) is 0 Å². The monoisotopic (exact) mass is 474 g/mol. The van der Waals surface area contributed by atoms with Crippen molar-refractivity contribution < 1.29 is 19.1 Å². The minimum atomic E-state index is -0.559. The van der Waals surface area contributed by atoms with Crippen molar-refractivity contribution in [1.82, 2.24) is 10.2 Å². The molecule has 0 bridgehead atoms. The normalized spacial score (nSPS) is 12.1. The van der Waals surface area contributed by atoms with Gasteiger partial charge in [-0.05, 0) is 75.6 Å².